The van der Waals surface area contributed by atoms with Gasteiger partial charge in [0, 0.05) is 32.8 Å². The first kappa shape index (κ1) is 17.4. The van der Waals surface area contributed by atoms with Crippen molar-refractivity contribution in [2.24, 2.45) is 11.1 Å². The molecule has 0 saturated heterocycles. The predicted octanol–water partition coefficient (Wildman–Crippen LogP) is 0.871. The second-order valence-corrected chi connectivity index (χ2v) is 5.62. The molecule has 108 valence electrons. The Balaban J connectivity index is 4.82. The smallest absolute Gasteiger partial charge is 0.230 e. The standard InChI is InChI=1S/C13H28N2O3/c1-12(2,13(3,4)14)11(16)15(7-9-17-5)8-10-18-6/h7-10,14H2,1-6H3. The predicted molar refractivity (Wildman–Crippen MR) is 72.4 cm³/mol. The van der Waals surface area contributed by atoms with Crippen molar-refractivity contribution >= 4 is 5.91 Å². The Labute approximate surface area is 111 Å². The minimum Gasteiger partial charge on any atom is -0.383 e. The Morgan fingerprint density at radius 1 is 1.06 bits per heavy atom. The van der Waals surface area contributed by atoms with Crippen LogP contribution in [0.25, 0.3) is 0 Å². The molecule has 0 saturated carbocycles. The highest BCUT2D eigenvalue weighted by Crippen LogP contribution is 2.30. The molecule has 0 radical (unpaired) electrons. The van der Waals surface area contributed by atoms with Crippen LogP contribution in [0.1, 0.15) is 27.7 Å². The first-order valence-corrected chi connectivity index (χ1v) is 6.24. The van der Waals surface area contributed by atoms with Crippen molar-refractivity contribution in [1.29, 1.82) is 0 Å². The fraction of sp³-hybridized carbons (Fsp3) is 0.923. The van der Waals surface area contributed by atoms with Crippen molar-refractivity contribution in [2.45, 2.75) is 33.2 Å². The van der Waals surface area contributed by atoms with E-state index < -0.39 is 11.0 Å². The number of ether oxygens (including phenoxy) is 2. The van der Waals surface area contributed by atoms with Gasteiger partial charge in [-0.05, 0) is 27.7 Å². The number of nitrogens with zero attached hydrogens (tertiary/aromatic N) is 1. The molecular formula is C13H28N2O3. The summed E-state index contributed by atoms with van der Waals surface area (Å²) in [6, 6.07) is 0. The lowest BCUT2D eigenvalue weighted by Gasteiger charge is -2.40. The monoisotopic (exact) mass is 260 g/mol. The molecule has 0 fully saturated rings. The van der Waals surface area contributed by atoms with E-state index in [9.17, 15) is 4.79 Å². The molecule has 0 atom stereocenters. The SMILES string of the molecule is COCCN(CCOC)C(=O)C(C)(C)C(C)(C)N. The first-order chi connectivity index (χ1) is 8.18. The Kier molecular flexibility index (Phi) is 6.81. The summed E-state index contributed by atoms with van der Waals surface area (Å²) in [6.07, 6.45) is 0. The minimum absolute atomic E-state index is 0.0316. The maximum absolute atomic E-state index is 12.6. The van der Waals surface area contributed by atoms with Crippen molar-refractivity contribution < 1.29 is 14.3 Å². The van der Waals surface area contributed by atoms with Crippen molar-refractivity contribution in [3.63, 3.8) is 0 Å². The van der Waals surface area contributed by atoms with Crippen molar-refractivity contribution in [3.8, 4) is 0 Å². The van der Waals surface area contributed by atoms with Crippen LogP contribution in [0.3, 0.4) is 0 Å². The molecule has 0 bridgehead atoms. The Morgan fingerprint density at radius 3 is 1.72 bits per heavy atom. The summed E-state index contributed by atoms with van der Waals surface area (Å²) in [4.78, 5) is 14.3. The second kappa shape index (κ2) is 7.07. The van der Waals surface area contributed by atoms with Crippen molar-refractivity contribution in [3.05, 3.63) is 0 Å². The van der Waals surface area contributed by atoms with Crippen LogP contribution in [0, 0.1) is 5.41 Å². The molecule has 5 heteroatoms. The van der Waals surface area contributed by atoms with Crippen LogP contribution < -0.4 is 5.73 Å². The van der Waals surface area contributed by atoms with Crippen LogP contribution >= 0.6 is 0 Å². The maximum Gasteiger partial charge on any atom is 0.230 e. The van der Waals surface area contributed by atoms with Gasteiger partial charge in [-0.2, -0.15) is 0 Å². The Morgan fingerprint density at radius 2 is 1.44 bits per heavy atom. The quantitative estimate of drug-likeness (QED) is 0.703. The first-order valence-electron chi connectivity index (χ1n) is 6.24. The molecule has 0 aromatic heterocycles. The van der Waals surface area contributed by atoms with Crippen LogP contribution in [0.4, 0.5) is 0 Å². The summed E-state index contributed by atoms with van der Waals surface area (Å²) in [5, 5.41) is 0. The largest absolute Gasteiger partial charge is 0.383 e. The lowest BCUT2D eigenvalue weighted by molar-refractivity contribution is -0.144. The van der Waals surface area contributed by atoms with E-state index in [0.29, 0.717) is 26.3 Å². The van der Waals surface area contributed by atoms with Gasteiger partial charge in [-0.15, -0.1) is 0 Å². The second-order valence-electron chi connectivity index (χ2n) is 5.62. The molecule has 0 aliphatic heterocycles. The lowest BCUT2D eigenvalue weighted by Crippen LogP contribution is -2.57. The van der Waals surface area contributed by atoms with E-state index in [1.54, 1.807) is 19.1 Å². The number of carbonyl (C=O) groups excluding carboxylic acids is 1. The summed E-state index contributed by atoms with van der Waals surface area (Å²) >= 11 is 0. The van der Waals surface area contributed by atoms with Crippen molar-refractivity contribution in [2.75, 3.05) is 40.5 Å². The Bertz CT molecular complexity index is 251. The third-order valence-electron chi connectivity index (χ3n) is 3.56. The van der Waals surface area contributed by atoms with Gasteiger partial charge in [0.25, 0.3) is 0 Å². The zero-order chi connectivity index (χ0) is 14.4. The zero-order valence-corrected chi connectivity index (χ0v) is 12.6. The highest BCUT2D eigenvalue weighted by Gasteiger charge is 2.42. The van der Waals surface area contributed by atoms with Gasteiger partial charge in [0.1, 0.15) is 0 Å². The third kappa shape index (κ3) is 4.55. The van der Waals surface area contributed by atoms with Gasteiger partial charge in [0.05, 0.1) is 18.6 Å². The molecule has 0 unspecified atom stereocenters. The number of nitrogens with two attached hydrogens (primary N) is 1. The molecule has 0 aliphatic carbocycles. The number of carbonyl (C=O) groups is 1. The summed E-state index contributed by atoms with van der Waals surface area (Å²) in [5.41, 5.74) is 4.89. The maximum atomic E-state index is 12.6. The van der Waals surface area contributed by atoms with E-state index in [0.717, 1.165) is 0 Å². The highest BCUT2D eigenvalue weighted by molar-refractivity contribution is 5.83. The molecular weight excluding hydrogens is 232 g/mol. The van der Waals surface area contributed by atoms with Gasteiger partial charge in [-0.1, -0.05) is 0 Å². The molecule has 2 N–H and O–H groups in total. The van der Waals surface area contributed by atoms with Gasteiger partial charge in [0.15, 0.2) is 0 Å². The van der Waals surface area contributed by atoms with Crippen LogP contribution in [0.2, 0.25) is 0 Å². The van der Waals surface area contributed by atoms with Crippen LogP contribution in [-0.2, 0) is 14.3 Å². The summed E-state index contributed by atoms with van der Waals surface area (Å²) in [7, 11) is 3.24. The van der Waals surface area contributed by atoms with Gasteiger partial charge in [0.2, 0.25) is 5.91 Å². The van der Waals surface area contributed by atoms with E-state index >= 15 is 0 Å². The van der Waals surface area contributed by atoms with Crippen LogP contribution in [-0.4, -0.2) is 56.9 Å². The number of amides is 1. The summed E-state index contributed by atoms with van der Waals surface area (Å²) in [5.74, 6) is 0.0316. The molecule has 0 aromatic rings. The Hall–Kier alpha value is -0.650. The van der Waals surface area contributed by atoms with E-state index in [4.69, 9.17) is 15.2 Å². The molecule has 5 nitrogen and oxygen atoms in total. The summed E-state index contributed by atoms with van der Waals surface area (Å²) in [6.45, 7) is 9.62. The number of methoxy groups -OCH3 is 2. The molecule has 1 amide bonds. The fourth-order valence-electron chi connectivity index (χ4n) is 1.39. The topological polar surface area (TPSA) is 64.8 Å². The van der Waals surface area contributed by atoms with Crippen LogP contribution in [0.15, 0.2) is 0 Å². The fourth-order valence-corrected chi connectivity index (χ4v) is 1.39. The average Bonchev–Trinajstić information content (AvgIpc) is 2.27. The lowest BCUT2D eigenvalue weighted by atomic mass is 9.74. The number of rotatable bonds is 8. The number of hydrogen-bond acceptors (Lipinski definition) is 4. The summed E-state index contributed by atoms with van der Waals surface area (Å²) < 4.78 is 10.1. The van der Waals surface area contributed by atoms with E-state index in [1.807, 2.05) is 27.7 Å². The van der Waals surface area contributed by atoms with Gasteiger partial charge >= 0.3 is 0 Å². The zero-order valence-electron chi connectivity index (χ0n) is 12.6. The molecule has 0 heterocycles. The van der Waals surface area contributed by atoms with Gasteiger partial charge in [-0.25, -0.2) is 0 Å². The van der Waals surface area contributed by atoms with E-state index in [-0.39, 0.29) is 5.91 Å². The highest BCUT2D eigenvalue weighted by atomic mass is 16.5. The molecule has 0 rings (SSSR count). The van der Waals surface area contributed by atoms with Crippen molar-refractivity contribution in [1.82, 2.24) is 4.90 Å². The molecule has 0 aliphatic rings. The molecule has 0 aromatic carbocycles. The average molecular weight is 260 g/mol. The van der Waals surface area contributed by atoms with Gasteiger partial charge in [-0.3, -0.25) is 4.79 Å². The molecule has 0 spiro atoms. The minimum atomic E-state index is -0.630. The van der Waals surface area contributed by atoms with Crippen LogP contribution in [0.5, 0.6) is 0 Å². The van der Waals surface area contributed by atoms with Gasteiger partial charge < -0.3 is 20.1 Å². The van der Waals surface area contributed by atoms with E-state index in [1.165, 1.54) is 0 Å². The van der Waals surface area contributed by atoms with E-state index in [2.05, 4.69) is 0 Å². The third-order valence-corrected chi connectivity index (χ3v) is 3.56. The molecule has 18 heavy (non-hydrogen) atoms. The number of hydrogen-bond donors (Lipinski definition) is 1. The normalized spacial score (nSPS) is 12.6.